The van der Waals surface area contributed by atoms with E-state index in [1.807, 2.05) is 20.8 Å². The standard InChI is InChI=1S/C11H18O/c1-8(2)10-6-5-9(3)11(4,12)7-10/h5,10,12H,1,6-7H2,2-4H3/t10-,11+/m1/s1. The van der Waals surface area contributed by atoms with E-state index >= 15 is 0 Å². The van der Waals surface area contributed by atoms with Gasteiger partial charge < -0.3 is 5.11 Å². The van der Waals surface area contributed by atoms with E-state index in [1.165, 1.54) is 5.57 Å². The summed E-state index contributed by atoms with van der Waals surface area (Å²) in [5.41, 5.74) is 1.67. The highest BCUT2D eigenvalue weighted by atomic mass is 16.3. The Balaban J connectivity index is 2.79. The van der Waals surface area contributed by atoms with Crippen LogP contribution in [0.25, 0.3) is 0 Å². The second kappa shape index (κ2) is 3.06. The zero-order chi connectivity index (χ0) is 9.35. The molecule has 1 rings (SSSR count). The Morgan fingerprint density at radius 3 is 2.75 bits per heavy atom. The van der Waals surface area contributed by atoms with Crippen LogP contribution in [0.5, 0.6) is 0 Å². The van der Waals surface area contributed by atoms with Crippen molar-refractivity contribution in [1.29, 1.82) is 0 Å². The van der Waals surface area contributed by atoms with Crippen molar-refractivity contribution < 1.29 is 5.11 Å². The Labute approximate surface area is 74.8 Å². The molecular weight excluding hydrogens is 148 g/mol. The van der Waals surface area contributed by atoms with Crippen LogP contribution < -0.4 is 0 Å². The van der Waals surface area contributed by atoms with E-state index in [4.69, 9.17) is 0 Å². The fourth-order valence-corrected chi connectivity index (χ4v) is 1.64. The summed E-state index contributed by atoms with van der Waals surface area (Å²) in [4.78, 5) is 0. The van der Waals surface area contributed by atoms with Crippen molar-refractivity contribution in [2.24, 2.45) is 5.92 Å². The van der Waals surface area contributed by atoms with Gasteiger partial charge in [-0.05, 0) is 45.1 Å². The van der Waals surface area contributed by atoms with E-state index in [0.29, 0.717) is 5.92 Å². The van der Waals surface area contributed by atoms with Gasteiger partial charge in [0.25, 0.3) is 0 Å². The molecule has 0 aromatic carbocycles. The van der Waals surface area contributed by atoms with Gasteiger partial charge in [-0.2, -0.15) is 0 Å². The monoisotopic (exact) mass is 166 g/mol. The summed E-state index contributed by atoms with van der Waals surface area (Å²) in [7, 11) is 0. The van der Waals surface area contributed by atoms with Crippen molar-refractivity contribution in [2.75, 3.05) is 0 Å². The molecular formula is C11H18O. The fourth-order valence-electron chi connectivity index (χ4n) is 1.64. The molecule has 2 atom stereocenters. The second-order valence-electron chi connectivity index (χ2n) is 4.14. The van der Waals surface area contributed by atoms with Crippen molar-refractivity contribution in [3.05, 3.63) is 23.8 Å². The lowest BCUT2D eigenvalue weighted by atomic mass is 9.77. The van der Waals surface area contributed by atoms with E-state index < -0.39 is 5.60 Å². The minimum Gasteiger partial charge on any atom is -0.386 e. The number of hydrogen-bond acceptors (Lipinski definition) is 1. The quantitative estimate of drug-likeness (QED) is 0.594. The first-order valence-electron chi connectivity index (χ1n) is 4.48. The van der Waals surface area contributed by atoms with E-state index in [-0.39, 0.29) is 0 Å². The third-order valence-corrected chi connectivity index (χ3v) is 2.90. The third-order valence-electron chi connectivity index (χ3n) is 2.90. The van der Waals surface area contributed by atoms with Gasteiger partial charge in [0.05, 0.1) is 5.60 Å². The Kier molecular flexibility index (Phi) is 2.43. The van der Waals surface area contributed by atoms with E-state index in [2.05, 4.69) is 12.7 Å². The lowest BCUT2D eigenvalue weighted by molar-refractivity contribution is 0.0683. The van der Waals surface area contributed by atoms with Gasteiger partial charge in [-0.15, -0.1) is 0 Å². The summed E-state index contributed by atoms with van der Waals surface area (Å²) in [5, 5.41) is 9.95. The summed E-state index contributed by atoms with van der Waals surface area (Å²) >= 11 is 0. The van der Waals surface area contributed by atoms with E-state index in [9.17, 15) is 5.11 Å². The lowest BCUT2D eigenvalue weighted by Crippen LogP contribution is -2.32. The minimum atomic E-state index is -0.609. The minimum absolute atomic E-state index is 0.462. The Morgan fingerprint density at radius 2 is 2.33 bits per heavy atom. The predicted molar refractivity (Wildman–Crippen MR) is 51.9 cm³/mol. The molecule has 0 aromatic rings. The molecule has 0 bridgehead atoms. The zero-order valence-corrected chi connectivity index (χ0v) is 8.22. The molecule has 0 radical (unpaired) electrons. The average molecular weight is 166 g/mol. The first-order chi connectivity index (χ1) is 5.43. The Bertz CT molecular complexity index is 223. The van der Waals surface area contributed by atoms with Gasteiger partial charge in [-0.3, -0.25) is 0 Å². The van der Waals surface area contributed by atoms with Crippen LogP contribution >= 0.6 is 0 Å². The number of allylic oxidation sites excluding steroid dienone is 2. The average Bonchev–Trinajstić information content (AvgIpc) is 1.94. The van der Waals surface area contributed by atoms with Crippen LogP contribution in [0, 0.1) is 5.92 Å². The predicted octanol–water partition coefficient (Wildman–Crippen LogP) is 2.67. The van der Waals surface area contributed by atoms with E-state index in [0.717, 1.165) is 18.4 Å². The van der Waals surface area contributed by atoms with Gasteiger partial charge in [-0.25, -0.2) is 0 Å². The van der Waals surface area contributed by atoms with Crippen LogP contribution in [0.2, 0.25) is 0 Å². The zero-order valence-electron chi connectivity index (χ0n) is 8.22. The fraction of sp³-hybridized carbons (Fsp3) is 0.636. The topological polar surface area (TPSA) is 20.2 Å². The second-order valence-corrected chi connectivity index (χ2v) is 4.14. The SMILES string of the molecule is C=C(C)[C@@H]1CC=C(C)[C@@](C)(O)C1. The van der Waals surface area contributed by atoms with Crippen LogP contribution in [0.1, 0.15) is 33.6 Å². The molecule has 0 amide bonds. The van der Waals surface area contributed by atoms with Crippen molar-refractivity contribution >= 4 is 0 Å². The molecule has 1 aliphatic carbocycles. The molecule has 0 aromatic heterocycles. The van der Waals surface area contributed by atoms with Gasteiger partial charge in [0.2, 0.25) is 0 Å². The molecule has 0 fully saturated rings. The molecule has 1 nitrogen and oxygen atoms in total. The number of aliphatic hydroxyl groups is 1. The van der Waals surface area contributed by atoms with Crippen molar-refractivity contribution in [3.8, 4) is 0 Å². The van der Waals surface area contributed by atoms with Gasteiger partial charge >= 0.3 is 0 Å². The smallest absolute Gasteiger partial charge is 0.0831 e. The van der Waals surface area contributed by atoms with Crippen molar-refractivity contribution in [2.45, 2.75) is 39.2 Å². The van der Waals surface area contributed by atoms with Crippen molar-refractivity contribution in [3.63, 3.8) is 0 Å². The molecule has 1 heteroatoms. The molecule has 0 saturated heterocycles. The molecule has 0 unspecified atom stereocenters. The Morgan fingerprint density at radius 1 is 1.75 bits per heavy atom. The molecule has 0 aliphatic heterocycles. The van der Waals surface area contributed by atoms with Crippen LogP contribution in [0.4, 0.5) is 0 Å². The number of rotatable bonds is 1. The first-order valence-corrected chi connectivity index (χ1v) is 4.48. The van der Waals surface area contributed by atoms with Crippen molar-refractivity contribution in [1.82, 2.24) is 0 Å². The Hall–Kier alpha value is -0.560. The molecule has 0 spiro atoms. The van der Waals surface area contributed by atoms with Gasteiger partial charge in [0.15, 0.2) is 0 Å². The summed E-state index contributed by atoms with van der Waals surface area (Å²) in [6.07, 6.45) is 3.99. The molecule has 0 heterocycles. The van der Waals surface area contributed by atoms with Crippen LogP contribution in [-0.2, 0) is 0 Å². The van der Waals surface area contributed by atoms with Crippen LogP contribution in [0.3, 0.4) is 0 Å². The maximum atomic E-state index is 9.95. The highest BCUT2D eigenvalue weighted by Gasteiger charge is 2.30. The summed E-state index contributed by atoms with van der Waals surface area (Å²) in [5.74, 6) is 0.462. The maximum absolute atomic E-state index is 9.95. The summed E-state index contributed by atoms with van der Waals surface area (Å²) in [6.45, 7) is 9.84. The normalized spacial score (nSPS) is 36.0. The molecule has 0 saturated carbocycles. The van der Waals surface area contributed by atoms with Crippen LogP contribution in [0.15, 0.2) is 23.8 Å². The first kappa shape index (κ1) is 9.53. The maximum Gasteiger partial charge on any atom is 0.0831 e. The number of hydrogen-bond donors (Lipinski definition) is 1. The highest BCUT2D eigenvalue weighted by molar-refractivity contribution is 5.20. The summed E-state index contributed by atoms with van der Waals surface area (Å²) < 4.78 is 0. The lowest BCUT2D eigenvalue weighted by Gasteiger charge is -2.33. The van der Waals surface area contributed by atoms with Gasteiger partial charge in [0.1, 0.15) is 0 Å². The molecule has 12 heavy (non-hydrogen) atoms. The van der Waals surface area contributed by atoms with Gasteiger partial charge in [0, 0.05) is 0 Å². The third kappa shape index (κ3) is 1.78. The molecule has 68 valence electrons. The molecule has 1 aliphatic rings. The van der Waals surface area contributed by atoms with E-state index in [1.54, 1.807) is 0 Å². The highest BCUT2D eigenvalue weighted by Crippen LogP contribution is 2.35. The van der Waals surface area contributed by atoms with Crippen LogP contribution in [-0.4, -0.2) is 10.7 Å². The molecule has 1 N–H and O–H groups in total. The summed E-state index contributed by atoms with van der Waals surface area (Å²) in [6, 6.07) is 0. The largest absolute Gasteiger partial charge is 0.386 e. The van der Waals surface area contributed by atoms with Gasteiger partial charge in [-0.1, -0.05) is 18.2 Å².